The number of nitrogens with two attached hydrogens (primary N) is 2. The van der Waals surface area contributed by atoms with Crippen LogP contribution in [0, 0.1) is 0 Å². The SMILES string of the molecule is CCN(CC(F)(F)F)C1CCCC(N)(C(N)=O)C1. The molecule has 0 aromatic rings. The van der Waals surface area contributed by atoms with Crippen molar-refractivity contribution in [1.29, 1.82) is 0 Å². The Morgan fingerprint density at radius 2 is 2.11 bits per heavy atom. The quantitative estimate of drug-likeness (QED) is 0.798. The summed E-state index contributed by atoms with van der Waals surface area (Å²) in [5, 5.41) is 0. The first-order valence-electron chi connectivity index (χ1n) is 6.07. The third-order valence-electron chi connectivity index (χ3n) is 3.56. The molecule has 1 fully saturated rings. The lowest BCUT2D eigenvalue weighted by Gasteiger charge is -2.41. The van der Waals surface area contributed by atoms with E-state index in [0.717, 1.165) is 0 Å². The monoisotopic (exact) mass is 267 g/mol. The molecule has 0 saturated heterocycles. The molecular formula is C11H20F3N3O. The second-order valence-corrected chi connectivity index (χ2v) is 4.95. The molecule has 0 radical (unpaired) electrons. The lowest BCUT2D eigenvalue weighted by atomic mass is 9.78. The van der Waals surface area contributed by atoms with Crippen molar-refractivity contribution >= 4 is 5.91 Å². The minimum atomic E-state index is -4.24. The molecule has 1 aliphatic rings. The van der Waals surface area contributed by atoms with Gasteiger partial charge in [0.1, 0.15) is 0 Å². The van der Waals surface area contributed by atoms with Crippen LogP contribution in [0.4, 0.5) is 13.2 Å². The van der Waals surface area contributed by atoms with Gasteiger partial charge in [0.05, 0.1) is 12.1 Å². The number of primary amides is 1. The summed E-state index contributed by atoms with van der Waals surface area (Å²) in [5.74, 6) is -0.629. The van der Waals surface area contributed by atoms with Gasteiger partial charge in [-0.25, -0.2) is 0 Å². The van der Waals surface area contributed by atoms with E-state index in [1.165, 1.54) is 4.90 Å². The van der Waals surface area contributed by atoms with Gasteiger partial charge in [-0.3, -0.25) is 9.69 Å². The highest BCUT2D eigenvalue weighted by Crippen LogP contribution is 2.31. The molecule has 106 valence electrons. The smallest absolute Gasteiger partial charge is 0.368 e. The molecular weight excluding hydrogens is 247 g/mol. The summed E-state index contributed by atoms with van der Waals surface area (Å²) in [6, 6.07) is -0.331. The standard InChI is InChI=1S/C11H20F3N3O/c1-2-17(7-11(12,13)14)8-4-3-5-10(16,6-8)9(15)18/h8H,2-7,16H2,1H3,(H2,15,18). The lowest BCUT2D eigenvalue weighted by molar-refractivity contribution is -0.153. The molecule has 2 atom stereocenters. The molecule has 7 heteroatoms. The number of rotatable bonds is 4. The highest BCUT2D eigenvalue weighted by Gasteiger charge is 2.41. The van der Waals surface area contributed by atoms with Crippen molar-refractivity contribution in [2.45, 2.75) is 50.4 Å². The van der Waals surface area contributed by atoms with Crippen LogP contribution in [-0.4, -0.2) is 41.7 Å². The van der Waals surface area contributed by atoms with E-state index in [2.05, 4.69) is 0 Å². The highest BCUT2D eigenvalue weighted by molar-refractivity contribution is 5.84. The Balaban J connectivity index is 2.72. The number of nitrogens with zero attached hydrogens (tertiary/aromatic N) is 1. The van der Waals surface area contributed by atoms with Gasteiger partial charge in [-0.15, -0.1) is 0 Å². The van der Waals surface area contributed by atoms with E-state index in [-0.39, 0.29) is 19.0 Å². The first-order chi connectivity index (χ1) is 8.18. The minimum absolute atomic E-state index is 0.201. The number of carbonyl (C=O) groups is 1. The van der Waals surface area contributed by atoms with Gasteiger partial charge in [-0.2, -0.15) is 13.2 Å². The Hall–Kier alpha value is -0.820. The zero-order valence-corrected chi connectivity index (χ0v) is 10.5. The van der Waals surface area contributed by atoms with Crippen molar-refractivity contribution in [3.63, 3.8) is 0 Å². The summed E-state index contributed by atoms with van der Waals surface area (Å²) in [5.41, 5.74) is 9.93. The minimum Gasteiger partial charge on any atom is -0.368 e. The average Bonchev–Trinajstić information content (AvgIpc) is 2.24. The van der Waals surface area contributed by atoms with E-state index < -0.39 is 24.2 Å². The molecule has 2 unspecified atom stereocenters. The van der Waals surface area contributed by atoms with Gasteiger partial charge < -0.3 is 11.5 Å². The predicted molar refractivity (Wildman–Crippen MR) is 61.7 cm³/mol. The Labute approximate surface area is 104 Å². The van der Waals surface area contributed by atoms with Crippen LogP contribution in [-0.2, 0) is 4.79 Å². The Morgan fingerprint density at radius 1 is 1.50 bits per heavy atom. The third-order valence-corrected chi connectivity index (χ3v) is 3.56. The van der Waals surface area contributed by atoms with Gasteiger partial charge in [-0.05, 0) is 32.2 Å². The molecule has 0 aliphatic heterocycles. The normalized spacial score (nSPS) is 29.6. The summed E-state index contributed by atoms with van der Waals surface area (Å²) in [6.07, 6.45) is -2.35. The fourth-order valence-corrected chi connectivity index (χ4v) is 2.54. The summed E-state index contributed by atoms with van der Waals surface area (Å²) >= 11 is 0. The maximum absolute atomic E-state index is 12.4. The summed E-state index contributed by atoms with van der Waals surface area (Å²) in [6.45, 7) is 0.977. The van der Waals surface area contributed by atoms with Crippen LogP contribution < -0.4 is 11.5 Å². The van der Waals surface area contributed by atoms with Crippen molar-refractivity contribution in [3.05, 3.63) is 0 Å². The largest absolute Gasteiger partial charge is 0.401 e. The molecule has 4 nitrogen and oxygen atoms in total. The molecule has 0 aromatic carbocycles. The van der Waals surface area contributed by atoms with Gasteiger partial charge in [0, 0.05) is 6.04 Å². The first-order valence-corrected chi connectivity index (χ1v) is 6.07. The first kappa shape index (κ1) is 15.2. The van der Waals surface area contributed by atoms with Gasteiger partial charge in [-0.1, -0.05) is 6.92 Å². The third kappa shape index (κ3) is 3.84. The lowest BCUT2D eigenvalue weighted by Crippen LogP contribution is -2.58. The average molecular weight is 267 g/mol. The highest BCUT2D eigenvalue weighted by atomic mass is 19.4. The number of halogens is 3. The van der Waals surface area contributed by atoms with Crippen LogP contribution in [0.1, 0.15) is 32.6 Å². The molecule has 1 aliphatic carbocycles. The molecule has 1 amide bonds. The van der Waals surface area contributed by atoms with E-state index in [1.54, 1.807) is 6.92 Å². The fourth-order valence-electron chi connectivity index (χ4n) is 2.54. The van der Waals surface area contributed by atoms with Crippen molar-refractivity contribution in [1.82, 2.24) is 4.90 Å². The maximum Gasteiger partial charge on any atom is 0.401 e. The summed E-state index contributed by atoms with van der Waals surface area (Å²) < 4.78 is 37.3. The van der Waals surface area contributed by atoms with Crippen molar-refractivity contribution in [2.75, 3.05) is 13.1 Å². The van der Waals surface area contributed by atoms with E-state index in [0.29, 0.717) is 19.3 Å². The molecule has 1 rings (SSSR count). The van der Waals surface area contributed by atoms with Crippen molar-refractivity contribution in [3.8, 4) is 0 Å². The van der Waals surface area contributed by atoms with E-state index in [9.17, 15) is 18.0 Å². The molecule has 0 aromatic heterocycles. The maximum atomic E-state index is 12.4. The molecule has 1 saturated carbocycles. The van der Waals surface area contributed by atoms with E-state index >= 15 is 0 Å². The summed E-state index contributed by atoms with van der Waals surface area (Å²) in [7, 11) is 0. The van der Waals surface area contributed by atoms with Gasteiger partial charge >= 0.3 is 6.18 Å². The van der Waals surface area contributed by atoms with Crippen LogP contribution in [0.5, 0.6) is 0 Å². The van der Waals surface area contributed by atoms with Crippen molar-refractivity contribution in [2.24, 2.45) is 11.5 Å². The van der Waals surface area contributed by atoms with Crippen LogP contribution in [0.2, 0.25) is 0 Å². The van der Waals surface area contributed by atoms with Gasteiger partial charge in [0.15, 0.2) is 0 Å². The Morgan fingerprint density at radius 3 is 2.56 bits per heavy atom. The Kier molecular flexibility index (Phi) is 4.61. The molecule has 0 bridgehead atoms. The zero-order valence-electron chi connectivity index (χ0n) is 10.5. The van der Waals surface area contributed by atoms with Gasteiger partial charge in [0.2, 0.25) is 5.91 Å². The number of amides is 1. The van der Waals surface area contributed by atoms with Crippen LogP contribution >= 0.6 is 0 Å². The topological polar surface area (TPSA) is 72.3 Å². The van der Waals surface area contributed by atoms with Crippen LogP contribution in [0.15, 0.2) is 0 Å². The molecule has 0 heterocycles. The number of hydrogen-bond donors (Lipinski definition) is 2. The van der Waals surface area contributed by atoms with Crippen LogP contribution in [0.3, 0.4) is 0 Å². The molecule has 0 spiro atoms. The molecule has 18 heavy (non-hydrogen) atoms. The second-order valence-electron chi connectivity index (χ2n) is 4.95. The number of alkyl halides is 3. The summed E-state index contributed by atoms with van der Waals surface area (Å²) in [4.78, 5) is 12.6. The van der Waals surface area contributed by atoms with Crippen LogP contribution in [0.25, 0.3) is 0 Å². The number of carbonyl (C=O) groups excluding carboxylic acids is 1. The van der Waals surface area contributed by atoms with Gasteiger partial charge in [0.25, 0.3) is 0 Å². The van der Waals surface area contributed by atoms with E-state index in [4.69, 9.17) is 11.5 Å². The second kappa shape index (κ2) is 5.44. The van der Waals surface area contributed by atoms with Crippen molar-refractivity contribution < 1.29 is 18.0 Å². The number of hydrogen-bond acceptors (Lipinski definition) is 3. The van der Waals surface area contributed by atoms with E-state index in [1.807, 2.05) is 0 Å². The Bertz CT molecular complexity index is 308. The molecule has 4 N–H and O–H groups in total. The fraction of sp³-hybridized carbons (Fsp3) is 0.909. The zero-order chi connectivity index (χ0) is 14.0. The predicted octanol–water partition coefficient (Wildman–Crippen LogP) is 0.996.